The molecule has 0 bridgehead atoms. The topological polar surface area (TPSA) is 111 Å². The third-order valence-electron chi connectivity index (χ3n) is 2.05. The number of carbonyl (C=O) groups excluding carboxylic acids is 1. The lowest BCUT2D eigenvalue weighted by atomic mass is 10.2. The summed E-state index contributed by atoms with van der Waals surface area (Å²) >= 11 is 0. The van der Waals surface area contributed by atoms with Crippen LogP contribution in [0.3, 0.4) is 0 Å². The van der Waals surface area contributed by atoms with Gasteiger partial charge >= 0.3 is 0 Å². The van der Waals surface area contributed by atoms with E-state index in [2.05, 4.69) is 25.9 Å². The van der Waals surface area contributed by atoms with Gasteiger partial charge in [0.2, 0.25) is 0 Å². The largest absolute Gasteiger partial charge is 0.365 e. The second-order valence-electron chi connectivity index (χ2n) is 3.49. The molecule has 9 heteroatoms. The number of nitrogens with two attached hydrogens (primary N) is 1. The number of benzene rings is 1. The van der Waals surface area contributed by atoms with Gasteiger partial charge in [0.15, 0.2) is 0 Å². The number of nitrogens with zero attached hydrogens (tertiary/aromatic N) is 5. The maximum atomic E-state index is 13.2. The summed E-state index contributed by atoms with van der Waals surface area (Å²) in [4.78, 5) is 12.4. The Hall–Kier alpha value is -2.84. The Morgan fingerprint density at radius 2 is 2.32 bits per heavy atom. The number of hydrogen-bond donors (Lipinski definition) is 2. The Labute approximate surface area is 107 Å². The Bertz CT molecular complexity index is 609. The number of halogens is 1. The molecule has 3 N–H and O–H groups in total. The molecule has 0 saturated heterocycles. The summed E-state index contributed by atoms with van der Waals surface area (Å²) in [5, 5.41) is 14.2. The minimum absolute atomic E-state index is 0.0253. The average Bonchev–Trinajstić information content (AvgIpc) is 2.77. The second kappa shape index (κ2) is 5.67. The van der Waals surface area contributed by atoms with Crippen molar-refractivity contribution in [3.8, 4) is 0 Å². The van der Waals surface area contributed by atoms with Crippen LogP contribution in [0.4, 0.5) is 10.3 Å². The third-order valence-corrected chi connectivity index (χ3v) is 2.05. The number of nitrogens with one attached hydrogen (secondary N) is 1. The summed E-state index contributed by atoms with van der Waals surface area (Å²) in [6.07, 6.45) is 1.20. The van der Waals surface area contributed by atoms with E-state index in [1.54, 1.807) is 12.1 Å². The van der Waals surface area contributed by atoms with Gasteiger partial charge in [-0.25, -0.2) is 9.82 Å². The monoisotopic (exact) mass is 263 g/mol. The summed E-state index contributed by atoms with van der Waals surface area (Å²) in [6.45, 7) is -0.182. The van der Waals surface area contributed by atoms with Gasteiger partial charge < -0.3 is 5.73 Å². The number of anilines is 1. The molecule has 1 aromatic carbocycles. The molecule has 1 aromatic heterocycles. The van der Waals surface area contributed by atoms with Crippen molar-refractivity contribution < 1.29 is 9.18 Å². The van der Waals surface area contributed by atoms with Gasteiger partial charge in [0.1, 0.15) is 12.4 Å². The molecule has 1 heterocycles. The van der Waals surface area contributed by atoms with Crippen molar-refractivity contribution in [3.05, 3.63) is 35.6 Å². The molecular weight excluding hydrogens is 253 g/mol. The first-order valence-electron chi connectivity index (χ1n) is 5.25. The molecule has 2 aromatic rings. The van der Waals surface area contributed by atoms with Crippen LogP contribution in [0.2, 0.25) is 0 Å². The maximum absolute atomic E-state index is 13.2. The van der Waals surface area contributed by atoms with Crippen LogP contribution in [0.15, 0.2) is 29.4 Å². The zero-order valence-electron chi connectivity index (χ0n) is 9.69. The van der Waals surface area contributed by atoms with Crippen LogP contribution >= 0.6 is 0 Å². The lowest BCUT2D eigenvalue weighted by Crippen LogP contribution is -2.24. The Balaban J connectivity index is 1.88. The van der Waals surface area contributed by atoms with Crippen LogP contribution in [0, 0.1) is 5.82 Å². The molecule has 0 aliphatic rings. The van der Waals surface area contributed by atoms with Crippen LogP contribution in [-0.2, 0) is 11.3 Å². The van der Waals surface area contributed by atoms with E-state index < -0.39 is 11.7 Å². The number of hydrogen-bond acceptors (Lipinski definition) is 6. The predicted molar refractivity (Wildman–Crippen MR) is 64.4 cm³/mol. The van der Waals surface area contributed by atoms with Gasteiger partial charge in [0, 0.05) is 5.56 Å². The highest BCUT2D eigenvalue weighted by Crippen LogP contribution is 2.02. The van der Waals surface area contributed by atoms with Crippen LogP contribution in [0.1, 0.15) is 5.56 Å². The number of rotatable bonds is 4. The Morgan fingerprint density at radius 3 is 3.00 bits per heavy atom. The highest BCUT2D eigenvalue weighted by atomic mass is 19.1. The molecule has 0 aliphatic heterocycles. The van der Waals surface area contributed by atoms with Crippen molar-refractivity contribution in [2.45, 2.75) is 6.54 Å². The fourth-order valence-electron chi connectivity index (χ4n) is 1.24. The van der Waals surface area contributed by atoms with Crippen LogP contribution in [-0.4, -0.2) is 32.3 Å². The summed E-state index contributed by atoms with van der Waals surface area (Å²) in [5.41, 5.74) is 7.72. The molecule has 19 heavy (non-hydrogen) atoms. The maximum Gasteiger partial charge on any atom is 0.263 e. The fraction of sp³-hybridized carbons (Fsp3) is 0.100. The fourth-order valence-corrected chi connectivity index (χ4v) is 1.24. The summed E-state index contributed by atoms with van der Waals surface area (Å²) in [7, 11) is 0. The number of carbonyl (C=O) groups is 1. The first-order valence-corrected chi connectivity index (χ1v) is 5.25. The minimum atomic E-state index is -0.481. The van der Waals surface area contributed by atoms with E-state index in [0.717, 1.165) is 4.80 Å². The molecule has 8 nitrogen and oxygen atoms in total. The number of tetrazole rings is 1. The van der Waals surface area contributed by atoms with E-state index in [-0.39, 0.29) is 18.1 Å². The van der Waals surface area contributed by atoms with Crippen molar-refractivity contribution in [2.24, 2.45) is 5.10 Å². The van der Waals surface area contributed by atoms with E-state index in [1.807, 2.05) is 0 Å². The number of aromatic nitrogens is 4. The zero-order chi connectivity index (χ0) is 13.7. The number of amides is 1. The van der Waals surface area contributed by atoms with Gasteiger partial charge in [-0.05, 0) is 11.3 Å². The lowest BCUT2D eigenvalue weighted by Gasteiger charge is -1.98. The SMILES string of the molecule is Nc1nnn(CC(=O)NN=Cc2ccccc2F)n1. The number of hydrazone groups is 1. The van der Waals surface area contributed by atoms with Crippen LogP contribution in [0.25, 0.3) is 0 Å². The van der Waals surface area contributed by atoms with Crippen molar-refractivity contribution in [3.63, 3.8) is 0 Å². The summed E-state index contributed by atoms with van der Waals surface area (Å²) in [6, 6.07) is 6.05. The van der Waals surface area contributed by atoms with E-state index in [9.17, 15) is 9.18 Å². The van der Waals surface area contributed by atoms with E-state index in [1.165, 1.54) is 18.3 Å². The first-order chi connectivity index (χ1) is 9.15. The van der Waals surface area contributed by atoms with Gasteiger partial charge in [0.05, 0.1) is 6.21 Å². The lowest BCUT2D eigenvalue weighted by molar-refractivity contribution is -0.122. The Kier molecular flexibility index (Phi) is 3.76. The van der Waals surface area contributed by atoms with Crippen LogP contribution in [0.5, 0.6) is 0 Å². The molecule has 0 radical (unpaired) electrons. The quantitative estimate of drug-likeness (QED) is 0.573. The van der Waals surface area contributed by atoms with E-state index >= 15 is 0 Å². The molecule has 1 amide bonds. The van der Waals surface area contributed by atoms with Gasteiger partial charge in [0.25, 0.3) is 11.9 Å². The van der Waals surface area contributed by atoms with E-state index in [4.69, 9.17) is 5.73 Å². The smallest absolute Gasteiger partial charge is 0.263 e. The summed E-state index contributed by atoms with van der Waals surface area (Å²) in [5.74, 6) is -0.932. The van der Waals surface area contributed by atoms with E-state index in [0.29, 0.717) is 0 Å². The summed E-state index contributed by atoms with van der Waals surface area (Å²) < 4.78 is 13.2. The molecular formula is C10H10FN7O. The van der Waals surface area contributed by atoms with Crippen molar-refractivity contribution in [1.29, 1.82) is 0 Å². The standard InChI is InChI=1S/C10H10FN7O/c11-8-4-2-1-3-7(8)5-13-14-9(19)6-18-16-10(12)15-17-18/h1-5H,6H2,(H2,12,16)(H,14,19). The van der Waals surface area contributed by atoms with Crippen LogP contribution < -0.4 is 11.2 Å². The molecule has 0 atom stereocenters. The Morgan fingerprint density at radius 1 is 1.53 bits per heavy atom. The third kappa shape index (κ3) is 3.56. The van der Waals surface area contributed by atoms with Gasteiger partial charge in [-0.2, -0.15) is 9.90 Å². The molecule has 0 fully saturated rings. The molecule has 98 valence electrons. The normalized spacial score (nSPS) is 10.8. The minimum Gasteiger partial charge on any atom is -0.365 e. The van der Waals surface area contributed by atoms with Crippen molar-refractivity contribution in [2.75, 3.05) is 5.73 Å². The average molecular weight is 263 g/mol. The molecule has 0 saturated carbocycles. The second-order valence-corrected chi connectivity index (χ2v) is 3.49. The van der Waals surface area contributed by atoms with Gasteiger partial charge in [-0.15, -0.1) is 5.10 Å². The van der Waals surface area contributed by atoms with Gasteiger partial charge in [-0.1, -0.05) is 23.3 Å². The van der Waals surface area contributed by atoms with Crippen molar-refractivity contribution >= 4 is 18.1 Å². The van der Waals surface area contributed by atoms with Crippen molar-refractivity contribution in [1.82, 2.24) is 25.6 Å². The molecule has 0 unspecified atom stereocenters. The first kappa shape index (κ1) is 12.6. The molecule has 2 rings (SSSR count). The molecule has 0 aliphatic carbocycles. The predicted octanol–water partition coefficient (Wildman–Crippen LogP) is -0.455. The highest BCUT2D eigenvalue weighted by Gasteiger charge is 2.04. The zero-order valence-corrected chi connectivity index (χ0v) is 9.69. The number of nitrogen functional groups attached to an aromatic ring is 1. The highest BCUT2D eigenvalue weighted by molar-refractivity contribution is 5.82. The van der Waals surface area contributed by atoms with Gasteiger partial charge in [-0.3, -0.25) is 4.79 Å². The molecule has 0 spiro atoms.